The van der Waals surface area contributed by atoms with E-state index in [1.54, 1.807) is 18.2 Å². The van der Waals surface area contributed by atoms with E-state index in [2.05, 4.69) is 4.98 Å². The summed E-state index contributed by atoms with van der Waals surface area (Å²) in [5.41, 5.74) is -1.76. The minimum atomic E-state index is -4.68. The van der Waals surface area contributed by atoms with Crippen LogP contribution in [0.4, 0.5) is 26.3 Å². The summed E-state index contributed by atoms with van der Waals surface area (Å²) < 4.78 is 79.2. The molecule has 4 rings (SSSR count). The Hall–Kier alpha value is -2.83. The van der Waals surface area contributed by atoms with Gasteiger partial charge >= 0.3 is 12.4 Å². The molecule has 132 valence electrons. The lowest BCUT2D eigenvalue weighted by Gasteiger charge is -2.15. The number of aromatic nitrogens is 1. The molecular weight excluding hydrogens is 356 g/mol. The van der Waals surface area contributed by atoms with Gasteiger partial charge in [-0.25, -0.2) is 4.98 Å². The van der Waals surface area contributed by atoms with Crippen LogP contribution in [0.1, 0.15) is 11.3 Å². The smallest absolute Gasteiger partial charge is 0.243 e. The first kappa shape index (κ1) is 16.6. The van der Waals surface area contributed by atoms with Gasteiger partial charge in [-0.1, -0.05) is 36.4 Å². The predicted octanol–water partition coefficient (Wildman–Crippen LogP) is 6.58. The largest absolute Gasteiger partial charge is 0.433 e. The Balaban J connectivity index is 2.21. The van der Waals surface area contributed by atoms with E-state index in [-0.39, 0.29) is 21.7 Å². The molecule has 1 heterocycles. The molecule has 0 N–H and O–H groups in total. The van der Waals surface area contributed by atoms with Gasteiger partial charge in [0.1, 0.15) is 0 Å². The summed E-state index contributed by atoms with van der Waals surface area (Å²) in [6.07, 6.45) is -9.21. The van der Waals surface area contributed by atoms with Gasteiger partial charge in [0.15, 0.2) is 5.69 Å². The fourth-order valence-electron chi connectivity index (χ4n) is 3.17. The second-order valence-corrected chi connectivity index (χ2v) is 5.90. The van der Waals surface area contributed by atoms with Crippen LogP contribution >= 0.6 is 0 Å². The topological polar surface area (TPSA) is 12.9 Å². The minimum Gasteiger partial charge on any atom is -0.243 e. The Labute approximate surface area is 142 Å². The van der Waals surface area contributed by atoms with Gasteiger partial charge in [-0.05, 0) is 29.0 Å². The van der Waals surface area contributed by atoms with Crippen LogP contribution in [0.15, 0.2) is 54.6 Å². The molecule has 0 aliphatic carbocycles. The highest BCUT2D eigenvalue weighted by atomic mass is 19.4. The van der Waals surface area contributed by atoms with Crippen molar-refractivity contribution >= 4 is 32.4 Å². The van der Waals surface area contributed by atoms with Gasteiger partial charge in [-0.2, -0.15) is 26.3 Å². The van der Waals surface area contributed by atoms with Crippen LogP contribution in [0.5, 0.6) is 0 Å². The maximum absolute atomic E-state index is 13.5. The van der Waals surface area contributed by atoms with Crippen molar-refractivity contribution in [3.63, 3.8) is 0 Å². The van der Waals surface area contributed by atoms with Crippen molar-refractivity contribution in [1.29, 1.82) is 0 Å². The molecule has 0 aliphatic rings. The molecule has 0 atom stereocenters. The Morgan fingerprint density at radius 2 is 1.35 bits per heavy atom. The molecule has 0 unspecified atom stereocenters. The molecular formula is C19H9F6N. The molecule has 0 radical (unpaired) electrons. The van der Waals surface area contributed by atoms with Gasteiger partial charge in [0, 0.05) is 16.2 Å². The summed E-state index contributed by atoms with van der Waals surface area (Å²) in [5, 5.41) is 1.11. The highest BCUT2D eigenvalue weighted by Gasteiger charge is 2.36. The van der Waals surface area contributed by atoms with Crippen molar-refractivity contribution in [1.82, 2.24) is 4.98 Å². The fourth-order valence-corrected chi connectivity index (χ4v) is 3.17. The first-order chi connectivity index (χ1) is 12.2. The van der Waals surface area contributed by atoms with Crippen LogP contribution in [0, 0.1) is 0 Å². The monoisotopic (exact) mass is 365 g/mol. The molecule has 0 amide bonds. The maximum atomic E-state index is 13.5. The van der Waals surface area contributed by atoms with E-state index >= 15 is 0 Å². The number of fused-ring (bicyclic) bond motifs is 5. The highest BCUT2D eigenvalue weighted by Crippen LogP contribution is 2.40. The van der Waals surface area contributed by atoms with E-state index in [0.29, 0.717) is 10.8 Å². The number of nitrogens with zero attached hydrogens (tertiary/aromatic N) is 1. The molecule has 1 nitrogen and oxygen atoms in total. The fraction of sp³-hybridized carbons (Fsp3) is 0.105. The second-order valence-electron chi connectivity index (χ2n) is 5.90. The lowest BCUT2D eigenvalue weighted by Crippen LogP contribution is -2.09. The zero-order valence-corrected chi connectivity index (χ0v) is 12.9. The van der Waals surface area contributed by atoms with E-state index < -0.39 is 23.6 Å². The third-order valence-corrected chi connectivity index (χ3v) is 4.28. The number of rotatable bonds is 0. The first-order valence-corrected chi connectivity index (χ1v) is 7.56. The molecule has 0 bridgehead atoms. The lowest BCUT2D eigenvalue weighted by atomic mass is 9.96. The Bertz CT molecular complexity index is 1160. The van der Waals surface area contributed by atoms with Gasteiger partial charge in [-0.3, -0.25) is 0 Å². The normalized spacial score (nSPS) is 13.0. The predicted molar refractivity (Wildman–Crippen MR) is 86.8 cm³/mol. The summed E-state index contributed by atoms with van der Waals surface area (Å²) in [4.78, 5) is 3.73. The van der Waals surface area contributed by atoms with Crippen molar-refractivity contribution in [2.24, 2.45) is 0 Å². The number of hydrogen-bond acceptors (Lipinski definition) is 1. The van der Waals surface area contributed by atoms with Crippen molar-refractivity contribution in [3.8, 4) is 0 Å². The molecule has 4 aromatic rings. The van der Waals surface area contributed by atoms with E-state index in [9.17, 15) is 26.3 Å². The van der Waals surface area contributed by atoms with Crippen LogP contribution < -0.4 is 0 Å². The van der Waals surface area contributed by atoms with E-state index in [1.165, 1.54) is 24.3 Å². The molecule has 3 aromatic carbocycles. The van der Waals surface area contributed by atoms with Crippen molar-refractivity contribution in [2.45, 2.75) is 12.4 Å². The summed E-state index contributed by atoms with van der Waals surface area (Å²) >= 11 is 0. The van der Waals surface area contributed by atoms with Crippen LogP contribution in [0.3, 0.4) is 0 Å². The Morgan fingerprint density at radius 3 is 2.04 bits per heavy atom. The first-order valence-electron chi connectivity index (χ1n) is 7.56. The van der Waals surface area contributed by atoms with Gasteiger partial charge in [0.05, 0.1) is 11.1 Å². The lowest BCUT2D eigenvalue weighted by molar-refractivity contribution is -0.139. The average molecular weight is 365 g/mol. The molecule has 7 heteroatoms. The number of benzene rings is 3. The third-order valence-electron chi connectivity index (χ3n) is 4.28. The standard InChI is InChI=1S/C19H9F6N/c20-18(21,22)11-6-8-12-10(9-11)5-7-14-16(12)13-3-1-2-4-15(13)26-17(14)19(23,24)25/h1-9H. The number of pyridine rings is 1. The summed E-state index contributed by atoms with van der Waals surface area (Å²) in [5.74, 6) is 0. The number of hydrogen-bond donors (Lipinski definition) is 0. The van der Waals surface area contributed by atoms with Crippen LogP contribution in [-0.4, -0.2) is 4.98 Å². The van der Waals surface area contributed by atoms with Crippen molar-refractivity contribution < 1.29 is 26.3 Å². The quantitative estimate of drug-likeness (QED) is 0.253. The molecule has 0 saturated carbocycles. The summed E-state index contributed by atoms with van der Waals surface area (Å²) in [6, 6.07) is 11.8. The number of halogens is 6. The zero-order valence-electron chi connectivity index (χ0n) is 12.9. The summed E-state index contributed by atoms with van der Waals surface area (Å²) in [7, 11) is 0. The van der Waals surface area contributed by atoms with Crippen molar-refractivity contribution in [2.75, 3.05) is 0 Å². The molecule has 1 aromatic heterocycles. The van der Waals surface area contributed by atoms with Crippen molar-refractivity contribution in [3.05, 3.63) is 65.9 Å². The van der Waals surface area contributed by atoms with Crippen LogP contribution in [-0.2, 0) is 12.4 Å². The second kappa shape index (κ2) is 5.33. The van der Waals surface area contributed by atoms with Gasteiger partial charge in [0.25, 0.3) is 0 Å². The molecule has 0 spiro atoms. The SMILES string of the molecule is FC(F)(F)c1ccc2c(ccc3c(C(F)(F)F)nc4ccccc4c32)c1. The molecule has 0 aliphatic heterocycles. The number of alkyl halides is 6. The highest BCUT2D eigenvalue weighted by molar-refractivity contribution is 6.20. The third kappa shape index (κ3) is 2.55. The molecule has 0 saturated heterocycles. The summed E-state index contributed by atoms with van der Waals surface area (Å²) in [6.45, 7) is 0. The number of para-hydroxylation sites is 1. The van der Waals surface area contributed by atoms with E-state index in [0.717, 1.165) is 12.1 Å². The zero-order chi connectivity index (χ0) is 18.7. The molecule has 0 fully saturated rings. The van der Waals surface area contributed by atoms with Gasteiger partial charge in [0.2, 0.25) is 0 Å². The van der Waals surface area contributed by atoms with E-state index in [1.807, 2.05) is 0 Å². The molecule has 26 heavy (non-hydrogen) atoms. The minimum absolute atomic E-state index is 0.136. The van der Waals surface area contributed by atoms with Gasteiger partial charge in [-0.15, -0.1) is 0 Å². The Kier molecular flexibility index (Phi) is 3.41. The van der Waals surface area contributed by atoms with Gasteiger partial charge < -0.3 is 0 Å². The van der Waals surface area contributed by atoms with Crippen LogP contribution in [0.25, 0.3) is 32.4 Å². The van der Waals surface area contributed by atoms with E-state index in [4.69, 9.17) is 0 Å². The van der Waals surface area contributed by atoms with Crippen LogP contribution in [0.2, 0.25) is 0 Å². The average Bonchev–Trinajstić information content (AvgIpc) is 2.58. The maximum Gasteiger partial charge on any atom is 0.433 e. The Morgan fingerprint density at radius 1 is 0.654 bits per heavy atom.